The molecule has 0 saturated carbocycles. The van der Waals surface area contributed by atoms with Crippen molar-refractivity contribution in [1.82, 2.24) is 15.1 Å². The maximum atomic E-state index is 12.7. The summed E-state index contributed by atoms with van der Waals surface area (Å²) in [6, 6.07) is 18.0. The maximum absolute atomic E-state index is 12.7. The fourth-order valence-electron chi connectivity index (χ4n) is 3.71. The minimum Gasteiger partial charge on any atom is -0.403 e. The normalized spacial score (nSPS) is 17.9. The highest BCUT2D eigenvalue weighted by molar-refractivity contribution is 5.87. The number of urea groups is 1. The zero-order valence-electron chi connectivity index (χ0n) is 17.3. The first-order valence-electron chi connectivity index (χ1n) is 10.4. The molecule has 0 bridgehead atoms. The molecule has 30 heavy (non-hydrogen) atoms. The standard InChI is InChI=1S/C24H26N4O2/c1-3-18-8-7-9-19(14-18)15-21-12-13-28(16-17(21)2)24(29)25-23-27-26-22(30-23)20-10-5-4-6-11-20/h4-11,14-15,17H,3,12-13,16H2,1-2H3,(H,25,27,29). The van der Waals surface area contributed by atoms with E-state index in [1.165, 1.54) is 16.7 Å². The molecule has 1 N–H and O–H groups in total. The minimum absolute atomic E-state index is 0.115. The Hall–Kier alpha value is -3.41. The molecule has 3 aromatic rings. The Morgan fingerprint density at radius 2 is 2.03 bits per heavy atom. The summed E-state index contributed by atoms with van der Waals surface area (Å²) in [5.74, 6) is 0.676. The number of nitrogens with one attached hydrogen (secondary N) is 1. The number of amides is 2. The van der Waals surface area contributed by atoms with Crippen molar-refractivity contribution in [1.29, 1.82) is 0 Å². The molecule has 1 unspecified atom stereocenters. The quantitative estimate of drug-likeness (QED) is 0.646. The molecule has 1 aliphatic rings. The van der Waals surface area contributed by atoms with Crippen molar-refractivity contribution in [2.24, 2.45) is 5.92 Å². The van der Waals surface area contributed by atoms with Gasteiger partial charge in [-0.25, -0.2) is 4.79 Å². The Balaban J connectivity index is 1.38. The molecule has 0 spiro atoms. The van der Waals surface area contributed by atoms with Gasteiger partial charge in [0.25, 0.3) is 0 Å². The summed E-state index contributed by atoms with van der Waals surface area (Å²) in [6.07, 6.45) is 4.15. The van der Waals surface area contributed by atoms with Crippen molar-refractivity contribution < 1.29 is 9.21 Å². The Bertz CT molecular complexity index is 1040. The molecule has 2 heterocycles. The van der Waals surface area contributed by atoms with E-state index >= 15 is 0 Å². The van der Waals surface area contributed by atoms with Gasteiger partial charge in [0.15, 0.2) is 0 Å². The number of benzene rings is 2. The van der Waals surface area contributed by atoms with E-state index in [-0.39, 0.29) is 18.0 Å². The molecule has 154 valence electrons. The fraction of sp³-hybridized carbons (Fsp3) is 0.292. The van der Waals surface area contributed by atoms with E-state index in [0.29, 0.717) is 19.0 Å². The van der Waals surface area contributed by atoms with Gasteiger partial charge < -0.3 is 9.32 Å². The Morgan fingerprint density at radius 1 is 1.20 bits per heavy atom. The zero-order chi connectivity index (χ0) is 20.9. The van der Waals surface area contributed by atoms with Crippen molar-refractivity contribution in [3.63, 3.8) is 0 Å². The SMILES string of the molecule is CCc1cccc(C=C2CCN(C(=O)Nc3nnc(-c4ccccc4)o3)CC2C)c1. The number of aryl methyl sites for hydroxylation is 1. The maximum Gasteiger partial charge on any atom is 0.325 e. The molecular weight excluding hydrogens is 376 g/mol. The van der Waals surface area contributed by atoms with Crippen LogP contribution >= 0.6 is 0 Å². The van der Waals surface area contributed by atoms with E-state index in [1.807, 2.05) is 30.3 Å². The van der Waals surface area contributed by atoms with E-state index in [9.17, 15) is 4.79 Å². The molecule has 0 radical (unpaired) electrons. The average molecular weight is 402 g/mol. The predicted octanol–water partition coefficient (Wildman–Crippen LogP) is 5.26. The number of anilines is 1. The largest absolute Gasteiger partial charge is 0.403 e. The predicted molar refractivity (Wildman–Crippen MR) is 118 cm³/mol. The summed E-state index contributed by atoms with van der Waals surface area (Å²) in [5, 5.41) is 10.7. The van der Waals surface area contributed by atoms with Gasteiger partial charge in [0.2, 0.25) is 5.89 Å². The van der Waals surface area contributed by atoms with Crippen molar-refractivity contribution in [2.75, 3.05) is 18.4 Å². The van der Waals surface area contributed by atoms with Crippen LogP contribution in [0.25, 0.3) is 17.5 Å². The minimum atomic E-state index is -0.211. The summed E-state index contributed by atoms with van der Waals surface area (Å²) in [4.78, 5) is 14.5. The second-order valence-electron chi connectivity index (χ2n) is 7.62. The van der Waals surface area contributed by atoms with Crippen LogP contribution in [0, 0.1) is 5.92 Å². The summed E-state index contributed by atoms with van der Waals surface area (Å²) < 4.78 is 5.59. The summed E-state index contributed by atoms with van der Waals surface area (Å²) in [6.45, 7) is 5.65. The highest BCUT2D eigenvalue weighted by Gasteiger charge is 2.25. The first-order valence-corrected chi connectivity index (χ1v) is 10.4. The van der Waals surface area contributed by atoms with E-state index in [2.05, 4.69) is 59.7 Å². The Morgan fingerprint density at radius 3 is 2.80 bits per heavy atom. The van der Waals surface area contributed by atoms with Crippen LogP contribution < -0.4 is 5.32 Å². The van der Waals surface area contributed by atoms with E-state index in [4.69, 9.17) is 4.42 Å². The number of rotatable bonds is 4. The van der Waals surface area contributed by atoms with E-state index < -0.39 is 0 Å². The van der Waals surface area contributed by atoms with Crippen molar-refractivity contribution in [3.05, 3.63) is 71.3 Å². The van der Waals surface area contributed by atoms with Gasteiger partial charge >= 0.3 is 12.0 Å². The number of likely N-dealkylation sites (tertiary alicyclic amines) is 1. The lowest BCUT2D eigenvalue weighted by molar-refractivity contribution is 0.197. The molecular formula is C24H26N4O2. The number of piperidine rings is 1. The van der Waals surface area contributed by atoms with Crippen LogP contribution in [0.15, 0.2) is 64.6 Å². The number of carbonyl (C=O) groups excluding carboxylic acids is 1. The molecule has 1 saturated heterocycles. The van der Waals surface area contributed by atoms with E-state index in [1.54, 1.807) is 4.90 Å². The van der Waals surface area contributed by atoms with Crippen LogP contribution in [0.4, 0.5) is 10.8 Å². The summed E-state index contributed by atoms with van der Waals surface area (Å²) in [7, 11) is 0. The Labute approximate surface area is 176 Å². The third kappa shape index (κ3) is 4.59. The lowest BCUT2D eigenvalue weighted by Gasteiger charge is -2.32. The third-order valence-corrected chi connectivity index (χ3v) is 5.46. The second kappa shape index (κ2) is 8.95. The molecule has 1 aromatic heterocycles. The lowest BCUT2D eigenvalue weighted by atomic mass is 9.91. The van der Waals surface area contributed by atoms with Crippen LogP contribution in [0.1, 0.15) is 31.4 Å². The molecule has 0 aliphatic carbocycles. The number of carbonyl (C=O) groups is 1. The van der Waals surface area contributed by atoms with Gasteiger partial charge in [0.1, 0.15) is 0 Å². The van der Waals surface area contributed by atoms with Crippen molar-refractivity contribution >= 4 is 18.1 Å². The molecule has 1 aliphatic heterocycles. The van der Waals surface area contributed by atoms with Gasteiger partial charge in [0.05, 0.1) is 0 Å². The number of nitrogens with zero attached hydrogens (tertiary/aromatic N) is 3. The first kappa shape index (κ1) is 19.9. The Kier molecular flexibility index (Phi) is 5.93. The molecule has 2 aromatic carbocycles. The zero-order valence-corrected chi connectivity index (χ0v) is 17.3. The lowest BCUT2D eigenvalue weighted by Crippen LogP contribution is -2.42. The number of hydrogen-bond acceptors (Lipinski definition) is 4. The second-order valence-corrected chi connectivity index (χ2v) is 7.62. The van der Waals surface area contributed by atoms with Gasteiger partial charge in [-0.15, -0.1) is 5.10 Å². The monoisotopic (exact) mass is 402 g/mol. The van der Waals surface area contributed by atoms with Crippen molar-refractivity contribution in [2.45, 2.75) is 26.7 Å². The molecule has 2 amide bonds. The molecule has 1 atom stereocenters. The average Bonchev–Trinajstić information content (AvgIpc) is 3.24. The van der Waals surface area contributed by atoms with Crippen LogP contribution in [0.5, 0.6) is 0 Å². The molecule has 6 nitrogen and oxygen atoms in total. The van der Waals surface area contributed by atoms with Gasteiger partial charge in [-0.3, -0.25) is 5.32 Å². The molecule has 4 rings (SSSR count). The van der Waals surface area contributed by atoms with Crippen molar-refractivity contribution in [3.8, 4) is 11.5 Å². The molecule has 1 fully saturated rings. The molecule has 6 heteroatoms. The third-order valence-electron chi connectivity index (χ3n) is 5.46. The highest BCUT2D eigenvalue weighted by Crippen LogP contribution is 2.26. The number of hydrogen-bond donors (Lipinski definition) is 1. The van der Waals surface area contributed by atoms with Crippen LogP contribution in [-0.2, 0) is 6.42 Å². The summed E-state index contributed by atoms with van der Waals surface area (Å²) >= 11 is 0. The van der Waals surface area contributed by atoms with Gasteiger partial charge in [-0.1, -0.05) is 73.1 Å². The summed E-state index contributed by atoms with van der Waals surface area (Å²) in [5.41, 5.74) is 4.76. The highest BCUT2D eigenvalue weighted by atomic mass is 16.4. The first-order chi connectivity index (χ1) is 14.6. The smallest absolute Gasteiger partial charge is 0.325 e. The number of aromatic nitrogens is 2. The van der Waals surface area contributed by atoms with Crippen LogP contribution in [0.2, 0.25) is 0 Å². The van der Waals surface area contributed by atoms with Gasteiger partial charge in [-0.05, 0) is 42.0 Å². The van der Waals surface area contributed by atoms with E-state index in [0.717, 1.165) is 18.4 Å². The fourth-order valence-corrected chi connectivity index (χ4v) is 3.71. The van der Waals surface area contributed by atoms with Gasteiger partial charge in [-0.2, -0.15) is 0 Å². The van der Waals surface area contributed by atoms with Crippen LogP contribution in [-0.4, -0.2) is 34.2 Å². The van der Waals surface area contributed by atoms with Gasteiger partial charge in [0, 0.05) is 18.7 Å². The topological polar surface area (TPSA) is 71.3 Å². The van der Waals surface area contributed by atoms with Crippen LogP contribution in [0.3, 0.4) is 0 Å².